The number of carbonyl (C=O) groups is 2. The molecule has 2 amide bonds. The summed E-state index contributed by atoms with van der Waals surface area (Å²) in [5.74, 6) is -0.208. The Bertz CT molecular complexity index is 631. The van der Waals surface area contributed by atoms with E-state index in [-0.39, 0.29) is 18.4 Å². The van der Waals surface area contributed by atoms with Gasteiger partial charge in [0.05, 0.1) is 6.54 Å². The molecule has 106 valence electrons. The van der Waals surface area contributed by atoms with Crippen LogP contribution in [0, 0.1) is 0 Å². The van der Waals surface area contributed by atoms with Crippen molar-refractivity contribution in [3.63, 3.8) is 0 Å². The van der Waals surface area contributed by atoms with E-state index >= 15 is 0 Å². The van der Waals surface area contributed by atoms with Crippen molar-refractivity contribution in [1.82, 2.24) is 14.8 Å². The first-order valence-electron chi connectivity index (χ1n) is 6.59. The van der Waals surface area contributed by atoms with Crippen molar-refractivity contribution < 1.29 is 9.59 Å². The van der Waals surface area contributed by atoms with E-state index in [1.54, 1.807) is 25.1 Å². The van der Waals surface area contributed by atoms with E-state index < -0.39 is 0 Å². The number of fused-ring (bicyclic) bond motifs is 1. The molecule has 0 saturated heterocycles. The fourth-order valence-corrected chi connectivity index (χ4v) is 2.00. The molecule has 0 aliphatic carbocycles. The first kappa shape index (κ1) is 14.1. The van der Waals surface area contributed by atoms with Gasteiger partial charge in [-0.1, -0.05) is 6.07 Å². The van der Waals surface area contributed by atoms with Gasteiger partial charge in [-0.25, -0.2) is 0 Å². The van der Waals surface area contributed by atoms with Gasteiger partial charge < -0.3 is 14.8 Å². The molecule has 2 rings (SSSR count). The second-order valence-corrected chi connectivity index (χ2v) is 4.89. The number of hydrogen-bond donors (Lipinski definition) is 1. The van der Waals surface area contributed by atoms with E-state index in [0.717, 1.165) is 10.9 Å². The molecule has 0 atom stereocenters. The number of likely N-dealkylation sites (N-methyl/N-ethyl adjacent to an activating group) is 2. The highest BCUT2D eigenvalue weighted by atomic mass is 16.2. The SMILES string of the molecule is CCN(CC(=O)N(C)C)C(=O)c1ccc2cc[nH]c2c1. The van der Waals surface area contributed by atoms with Crippen molar-refractivity contribution >= 4 is 22.7 Å². The Kier molecular flexibility index (Phi) is 4.08. The topological polar surface area (TPSA) is 56.4 Å². The lowest BCUT2D eigenvalue weighted by Crippen LogP contribution is -2.40. The van der Waals surface area contributed by atoms with Gasteiger partial charge in [0.1, 0.15) is 0 Å². The van der Waals surface area contributed by atoms with Gasteiger partial charge in [-0.3, -0.25) is 9.59 Å². The van der Waals surface area contributed by atoms with Crippen molar-refractivity contribution in [2.45, 2.75) is 6.92 Å². The number of hydrogen-bond acceptors (Lipinski definition) is 2. The first-order valence-corrected chi connectivity index (χ1v) is 6.59. The highest BCUT2D eigenvalue weighted by Gasteiger charge is 2.18. The number of amides is 2. The van der Waals surface area contributed by atoms with Gasteiger partial charge in [0, 0.05) is 37.9 Å². The fourth-order valence-electron chi connectivity index (χ4n) is 2.00. The molecule has 5 heteroatoms. The second kappa shape index (κ2) is 5.77. The van der Waals surface area contributed by atoms with Crippen LogP contribution in [-0.4, -0.2) is 53.8 Å². The third-order valence-electron chi connectivity index (χ3n) is 3.30. The normalized spacial score (nSPS) is 10.6. The van der Waals surface area contributed by atoms with Crippen LogP contribution in [-0.2, 0) is 4.79 Å². The molecule has 0 aliphatic heterocycles. The van der Waals surface area contributed by atoms with E-state index in [1.165, 1.54) is 4.90 Å². The molecule has 1 heterocycles. The first-order chi connectivity index (χ1) is 9.52. The van der Waals surface area contributed by atoms with E-state index in [0.29, 0.717) is 12.1 Å². The lowest BCUT2D eigenvalue weighted by Gasteiger charge is -2.22. The minimum Gasteiger partial charge on any atom is -0.361 e. The molecule has 20 heavy (non-hydrogen) atoms. The molecule has 1 N–H and O–H groups in total. The van der Waals surface area contributed by atoms with Crippen molar-refractivity contribution in [2.24, 2.45) is 0 Å². The van der Waals surface area contributed by atoms with Gasteiger partial charge in [-0.15, -0.1) is 0 Å². The van der Waals surface area contributed by atoms with Gasteiger partial charge in [0.25, 0.3) is 5.91 Å². The van der Waals surface area contributed by atoms with Crippen LogP contribution in [0.25, 0.3) is 10.9 Å². The Labute approximate surface area is 118 Å². The van der Waals surface area contributed by atoms with Crippen molar-refractivity contribution in [2.75, 3.05) is 27.2 Å². The summed E-state index contributed by atoms with van der Waals surface area (Å²) in [4.78, 5) is 30.3. The zero-order valence-corrected chi connectivity index (χ0v) is 12.0. The number of aromatic nitrogens is 1. The summed E-state index contributed by atoms with van der Waals surface area (Å²) >= 11 is 0. The van der Waals surface area contributed by atoms with Crippen LogP contribution in [0.15, 0.2) is 30.5 Å². The third-order valence-corrected chi connectivity index (χ3v) is 3.30. The minimum atomic E-state index is -0.126. The summed E-state index contributed by atoms with van der Waals surface area (Å²) in [6.07, 6.45) is 1.84. The number of nitrogens with zero attached hydrogens (tertiary/aromatic N) is 2. The zero-order valence-electron chi connectivity index (χ0n) is 12.0. The minimum absolute atomic E-state index is 0.0823. The summed E-state index contributed by atoms with van der Waals surface area (Å²) in [5, 5.41) is 1.06. The second-order valence-electron chi connectivity index (χ2n) is 4.89. The Morgan fingerprint density at radius 2 is 1.95 bits per heavy atom. The van der Waals surface area contributed by atoms with Crippen LogP contribution in [0.5, 0.6) is 0 Å². The Balaban J connectivity index is 2.21. The van der Waals surface area contributed by atoms with Crippen molar-refractivity contribution in [3.05, 3.63) is 36.0 Å². The fraction of sp³-hybridized carbons (Fsp3) is 0.333. The number of rotatable bonds is 4. The molecule has 5 nitrogen and oxygen atoms in total. The average molecular weight is 273 g/mol. The van der Waals surface area contributed by atoms with E-state index in [2.05, 4.69) is 4.98 Å². The van der Waals surface area contributed by atoms with Gasteiger partial charge in [-0.05, 0) is 30.5 Å². The monoisotopic (exact) mass is 273 g/mol. The molecule has 1 aromatic heterocycles. The number of benzene rings is 1. The lowest BCUT2D eigenvalue weighted by molar-refractivity contribution is -0.129. The molecule has 0 radical (unpaired) electrons. The quantitative estimate of drug-likeness (QED) is 0.922. The molecule has 0 spiro atoms. The van der Waals surface area contributed by atoms with E-state index in [4.69, 9.17) is 0 Å². The van der Waals surface area contributed by atoms with Gasteiger partial charge >= 0.3 is 0 Å². The van der Waals surface area contributed by atoms with Gasteiger partial charge in [0.2, 0.25) is 5.91 Å². The number of nitrogens with one attached hydrogen (secondary N) is 1. The largest absolute Gasteiger partial charge is 0.361 e. The van der Waals surface area contributed by atoms with Crippen LogP contribution in [0.2, 0.25) is 0 Å². The Morgan fingerprint density at radius 1 is 1.20 bits per heavy atom. The predicted octanol–water partition coefficient (Wildman–Crippen LogP) is 1.72. The highest BCUT2D eigenvalue weighted by molar-refractivity contribution is 5.99. The molecule has 0 bridgehead atoms. The zero-order chi connectivity index (χ0) is 14.7. The predicted molar refractivity (Wildman–Crippen MR) is 78.6 cm³/mol. The molecule has 2 aromatic rings. The summed E-state index contributed by atoms with van der Waals surface area (Å²) in [7, 11) is 3.37. The number of carbonyl (C=O) groups excluding carboxylic acids is 2. The van der Waals surface area contributed by atoms with Gasteiger partial charge in [0.15, 0.2) is 0 Å². The number of aromatic amines is 1. The highest BCUT2D eigenvalue weighted by Crippen LogP contribution is 2.15. The maximum atomic E-state index is 12.4. The standard InChI is InChI=1S/C15H19N3O2/c1-4-18(10-14(19)17(2)3)15(20)12-6-5-11-7-8-16-13(11)9-12/h5-9,16H,4,10H2,1-3H3. The van der Waals surface area contributed by atoms with Crippen LogP contribution in [0.3, 0.4) is 0 Å². The summed E-state index contributed by atoms with van der Waals surface area (Å²) in [6, 6.07) is 7.47. The van der Waals surface area contributed by atoms with Crippen molar-refractivity contribution in [1.29, 1.82) is 0 Å². The Hall–Kier alpha value is -2.30. The van der Waals surface area contributed by atoms with Crippen LogP contribution < -0.4 is 0 Å². The third kappa shape index (κ3) is 2.82. The molecule has 0 fully saturated rings. The maximum absolute atomic E-state index is 12.4. The smallest absolute Gasteiger partial charge is 0.254 e. The van der Waals surface area contributed by atoms with Crippen molar-refractivity contribution in [3.8, 4) is 0 Å². The van der Waals surface area contributed by atoms with E-state index in [1.807, 2.05) is 31.3 Å². The average Bonchev–Trinajstić information content (AvgIpc) is 2.90. The number of H-pyrrole nitrogens is 1. The molecular weight excluding hydrogens is 254 g/mol. The summed E-state index contributed by atoms with van der Waals surface area (Å²) < 4.78 is 0. The molecule has 0 saturated carbocycles. The molecule has 0 unspecified atom stereocenters. The summed E-state index contributed by atoms with van der Waals surface area (Å²) in [5.41, 5.74) is 1.51. The molecule has 0 aliphatic rings. The Morgan fingerprint density at radius 3 is 2.60 bits per heavy atom. The maximum Gasteiger partial charge on any atom is 0.254 e. The lowest BCUT2D eigenvalue weighted by atomic mass is 10.1. The molecule has 1 aromatic carbocycles. The van der Waals surface area contributed by atoms with Gasteiger partial charge in [-0.2, -0.15) is 0 Å². The van der Waals surface area contributed by atoms with E-state index in [9.17, 15) is 9.59 Å². The van der Waals surface area contributed by atoms with Crippen LogP contribution in [0.1, 0.15) is 17.3 Å². The van der Waals surface area contributed by atoms with Crippen LogP contribution in [0.4, 0.5) is 0 Å². The van der Waals surface area contributed by atoms with Crippen LogP contribution >= 0.6 is 0 Å². The molecular formula is C15H19N3O2. The summed E-state index contributed by atoms with van der Waals surface area (Å²) in [6.45, 7) is 2.47.